The number of ether oxygens (including phenoxy) is 2. The van der Waals surface area contributed by atoms with Crippen LogP contribution in [0.5, 0.6) is 0 Å². The highest BCUT2D eigenvalue weighted by atomic mass is 127. The molecule has 1 fully saturated rings. The molecule has 0 bridgehead atoms. The van der Waals surface area contributed by atoms with Crippen molar-refractivity contribution in [3.63, 3.8) is 0 Å². The van der Waals surface area contributed by atoms with E-state index in [9.17, 15) is 0 Å². The molecule has 0 spiro atoms. The molecule has 2 nitrogen and oxygen atoms in total. The predicted octanol–water partition coefficient (Wildman–Crippen LogP) is 3.53. The molecule has 1 aromatic carbocycles. The molecule has 88 valence electrons. The fourth-order valence-corrected chi connectivity index (χ4v) is 2.23. The third kappa shape index (κ3) is 3.71. The number of alkyl halides is 1. The van der Waals surface area contributed by atoms with Crippen LogP contribution in [0.1, 0.15) is 25.3 Å². The van der Waals surface area contributed by atoms with Gasteiger partial charge in [-0.05, 0) is 12.5 Å². The Bertz CT molecular complexity index is 307. The monoisotopic (exact) mass is 332 g/mol. The molecule has 0 aromatic heterocycles. The molecule has 0 amide bonds. The molecule has 1 saturated carbocycles. The maximum Gasteiger partial charge on any atom is 0.106 e. The summed E-state index contributed by atoms with van der Waals surface area (Å²) in [5, 5.41) is 0. The molecule has 0 N–H and O–H groups in total. The van der Waals surface area contributed by atoms with Crippen LogP contribution in [0.25, 0.3) is 0 Å². The van der Waals surface area contributed by atoms with E-state index in [-0.39, 0.29) is 0 Å². The van der Waals surface area contributed by atoms with Crippen molar-refractivity contribution in [1.29, 1.82) is 0 Å². The van der Waals surface area contributed by atoms with Gasteiger partial charge >= 0.3 is 0 Å². The lowest BCUT2D eigenvalue weighted by atomic mass is 9.92. The zero-order valence-electron chi connectivity index (χ0n) is 9.43. The molecule has 16 heavy (non-hydrogen) atoms. The topological polar surface area (TPSA) is 18.5 Å². The first-order chi connectivity index (χ1) is 7.74. The van der Waals surface area contributed by atoms with E-state index in [0.717, 1.165) is 19.4 Å². The first-order valence-corrected chi connectivity index (χ1v) is 6.93. The van der Waals surface area contributed by atoms with E-state index in [1.54, 1.807) is 0 Å². The van der Waals surface area contributed by atoms with Crippen molar-refractivity contribution in [2.75, 3.05) is 0 Å². The highest BCUT2D eigenvalue weighted by Crippen LogP contribution is 2.29. The average Bonchev–Trinajstić information content (AvgIpc) is 2.22. The molecule has 0 aliphatic heterocycles. The van der Waals surface area contributed by atoms with Crippen LogP contribution in [0.2, 0.25) is 0 Å². The minimum Gasteiger partial charge on any atom is -0.373 e. The maximum atomic E-state index is 5.79. The van der Waals surface area contributed by atoms with E-state index >= 15 is 0 Å². The highest BCUT2D eigenvalue weighted by molar-refractivity contribution is 14.1. The van der Waals surface area contributed by atoms with Crippen LogP contribution in [0, 0.1) is 0 Å². The van der Waals surface area contributed by atoms with Gasteiger partial charge < -0.3 is 9.47 Å². The summed E-state index contributed by atoms with van der Waals surface area (Å²) >= 11 is 2.29. The van der Waals surface area contributed by atoms with Gasteiger partial charge in [-0.1, -0.05) is 52.9 Å². The first kappa shape index (κ1) is 12.3. The molecule has 2 rings (SSSR count). The fourth-order valence-electron chi connectivity index (χ4n) is 1.82. The molecular formula is C13H17IO2. The maximum absolute atomic E-state index is 5.79. The molecule has 0 heterocycles. The minimum absolute atomic E-state index is 0.303. The second kappa shape index (κ2) is 5.98. The van der Waals surface area contributed by atoms with E-state index in [1.807, 2.05) is 18.2 Å². The Morgan fingerprint density at radius 2 is 1.94 bits per heavy atom. The quantitative estimate of drug-likeness (QED) is 0.607. The van der Waals surface area contributed by atoms with Crippen molar-refractivity contribution < 1.29 is 9.47 Å². The largest absolute Gasteiger partial charge is 0.373 e. The molecule has 0 saturated heterocycles. The van der Waals surface area contributed by atoms with Gasteiger partial charge in [0, 0.05) is 12.8 Å². The number of hydrogen-bond donors (Lipinski definition) is 0. The summed E-state index contributed by atoms with van der Waals surface area (Å²) in [6.07, 6.45) is 2.88. The van der Waals surface area contributed by atoms with Crippen molar-refractivity contribution in [2.45, 2.75) is 42.7 Å². The molecule has 1 aromatic rings. The number of benzene rings is 1. The van der Waals surface area contributed by atoms with E-state index in [1.165, 1.54) is 5.56 Å². The first-order valence-electron chi connectivity index (χ1n) is 5.69. The van der Waals surface area contributed by atoms with E-state index in [4.69, 9.17) is 9.47 Å². The van der Waals surface area contributed by atoms with Gasteiger partial charge in [0.1, 0.15) is 4.11 Å². The predicted molar refractivity (Wildman–Crippen MR) is 72.6 cm³/mol. The summed E-state index contributed by atoms with van der Waals surface area (Å²) in [7, 11) is 0. The molecule has 3 heteroatoms. The standard InChI is InChI=1S/C13H17IO2/c1-10(14)16-13-7-12(8-13)15-9-11-5-3-2-4-6-11/h2-6,10,12-13H,7-9H2,1H3/t10-,12?,13?/m0/s1. The van der Waals surface area contributed by atoms with Crippen LogP contribution in [0.15, 0.2) is 30.3 Å². The summed E-state index contributed by atoms with van der Waals surface area (Å²) in [5.74, 6) is 0. The van der Waals surface area contributed by atoms with Gasteiger partial charge in [0.2, 0.25) is 0 Å². The van der Waals surface area contributed by atoms with Crippen LogP contribution >= 0.6 is 22.6 Å². The van der Waals surface area contributed by atoms with Crippen LogP contribution in [0.3, 0.4) is 0 Å². The van der Waals surface area contributed by atoms with E-state index in [0.29, 0.717) is 16.3 Å². The summed E-state index contributed by atoms with van der Waals surface area (Å²) in [6, 6.07) is 10.3. The third-order valence-corrected chi connectivity index (χ3v) is 3.05. The third-order valence-electron chi connectivity index (χ3n) is 2.76. The molecule has 0 radical (unpaired) electrons. The van der Waals surface area contributed by atoms with Gasteiger partial charge in [-0.25, -0.2) is 0 Å². The molecule has 1 aliphatic rings. The molecular weight excluding hydrogens is 315 g/mol. The van der Waals surface area contributed by atoms with Crippen molar-refractivity contribution in [3.05, 3.63) is 35.9 Å². The highest BCUT2D eigenvalue weighted by Gasteiger charge is 2.31. The van der Waals surface area contributed by atoms with Crippen molar-refractivity contribution in [3.8, 4) is 0 Å². The van der Waals surface area contributed by atoms with Gasteiger partial charge in [0.15, 0.2) is 0 Å². The van der Waals surface area contributed by atoms with Gasteiger partial charge in [0.05, 0.1) is 18.8 Å². The normalized spacial score (nSPS) is 26.1. The van der Waals surface area contributed by atoms with E-state index in [2.05, 4.69) is 41.6 Å². The van der Waals surface area contributed by atoms with Crippen molar-refractivity contribution in [2.24, 2.45) is 0 Å². The Kier molecular flexibility index (Phi) is 4.61. The molecule has 1 atom stereocenters. The van der Waals surface area contributed by atoms with Gasteiger partial charge in [-0.15, -0.1) is 0 Å². The lowest BCUT2D eigenvalue weighted by molar-refractivity contribution is -0.107. The van der Waals surface area contributed by atoms with Crippen molar-refractivity contribution >= 4 is 22.6 Å². The average molecular weight is 332 g/mol. The Morgan fingerprint density at radius 1 is 1.25 bits per heavy atom. The SMILES string of the molecule is C[C@@H](I)OC1CC(OCc2ccccc2)C1. The Morgan fingerprint density at radius 3 is 2.56 bits per heavy atom. The van der Waals surface area contributed by atoms with Gasteiger partial charge in [0.25, 0.3) is 0 Å². The minimum atomic E-state index is 0.303. The van der Waals surface area contributed by atoms with E-state index < -0.39 is 0 Å². The summed E-state index contributed by atoms with van der Waals surface area (Å²) in [4.78, 5) is 0. The number of hydrogen-bond acceptors (Lipinski definition) is 2. The zero-order valence-corrected chi connectivity index (χ0v) is 11.6. The van der Waals surface area contributed by atoms with Gasteiger partial charge in [-0.2, -0.15) is 0 Å². The molecule has 1 aliphatic carbocycles. The fraction of sp³-hybridized carbons (Fsp3) is 0.538. The lowest BCUT2D eigenvalue weighted by Crippen LogP contribution is -2.38. The van der Waals surface area contributed by atoms with Crippen LogP contribution in [-0.4, -0.2) is 16.3 Å². The summed E-state index contributed by atoms with van der Waals surface area (Å²) in [5.41, 5.74) is 1.24. The summed E-state index contributed by atoms with van der Waals surface area (Å²) in [6.45, 7) is 2.79. The van der Waals surface area contributed by atoms with Gasteiger partial charge in [-0.3, -0.25) is 0 Å². The second-order valence-corrected chi connectivity index (χ2v) is 5.95. The second-order valence-electron chi connectivity index (χ2n) is 4.19. The van der Waals surface area contributed by atoms with Crippen LogP contribution in [0.4, 0.5) is 0 Å². The van der Waals surface area contributed by atoms with Crippen LogP contribution in [-0.2, 0) is 16.1 Å². The Labute approximate surface area is 110 Å². The molecule has 0 unspecified atom stereocenters. The van der Waals surface area contributed by atoms with Crippen LogP contribution < -0.4 is 0 Å². The summed E-state index contributed by atoms with van der Waals surface area (Å²) < 4.78 is 11.8. The lowest BCUT2D eigenvalue weighted by Gasteiger charge is -2.35. The Balaban J connectivity index is 1.63. The Hall–Kier alpha value is -0.130. The number of rotatable bonds is 5. The number of halogens is 1. The van der Waals surface area contributed by atoms with Crippen molar-refractivity contribution in [1.82, 2.24) is 0 Å². The smallest absolute Gasteiger partial charge is 0.106 e. The zero-order chi connectivity index (χ0) is 11.4.